The highest BCUT2D eigenvalue weighted by Gasteiger charge is 2.19. The molecule has 2 heterocycles. The molecule has 1 aromatic heterocycles. The molecule has 3 rings (SSSR count). The van der Waals surface area contributed by atoms with Gasteiger partial charge in [-0.3, -0.25) is 4.98 Å². The van der Waals surface area contributed by atoms with E-state index in [1.54, 1.807) is 12.1 Å². The number of hydrogen-bond donors (Lipinski definition) is 0. The first-order valence-corrected chi connectivity index (χ1v) is 5.39. The van der Waals surface area contributed by atoms with Crippen molar-refractivity contribution < 1.29 is 18.3 Å². The lowest BCUT2D eigenvalue weighted by atomic mass is 10.1. The van der Waals surface area contributed by atoms with E-state index in [2.05, 4.69) is 4.98 Å². The zero-order valence-electron chi connectivity index (χ0n) is 9.27. The Hall–Kier alpha value is -2.17. The van der Waals surface area contributed by atoms with Crippen molar-refractivity contribution in [1.29, 1.82) is 0 Å². The van der Waals surface area contributed by atoms with Crippen molar-refractivity contribution in [1.82, 2.24) is 4.98 Å². The van der Waals surface area contributed by atoms with Crippen LogP contribution in [-0.4, -0.2) is 11.8 Å². The summed E-state index contributed by atoms with van der Waals surface area (Å²) >= 11 is 0. The fourth-order valence-electron chi connectivity index (χ4n) is 1.83. The van der Waals surface area contributed by atoms with Crippen molar-refractivity contribution in [3.8, 4) is 22.8 Å². The summed E-state index contributed by atoms with van der Waals surface area (Å²) < 4.78 is 35.5. The summed E-state index contributed by atoms with van der Waals surface area (Å²) in [6, 6.07) is 8.34. The van der Waals surface area contributed by atoms with Gasteiger partial charge in [0.1, 0.15) is 0 Å². The van der Waals surface area contributed by atoms with Crippen LogP contribution in [0.25, 0.3) is 11.3 Å². The number of hydrogen-bond acceptors (Lipinski definition) is 3. The number of benzene rings is 1. The van der Waals surface area contributed by atoms with E-state index < -0.39 is 6.43 Å². The maximum Gasteiger partial charge on any atom is 0.265 e. The van der Waals surface area contributed by atoms with Crippen LogP contribution in [-0.2, 0) is 0 Å². The van der Waals surface area contributed by atoms with Crippen molar-refractivity contribution in [3.05, 3.63) is 42.1 Å². The van der Waals surface area contributed by atoms with Crippen molar-refractivity contribution >= 4 is 0 Å². The minimum Gasteiger partial charge on any atom is -0.454 e. The van der Waals surface area contributed by atoms with E-state index in [1.807, 2.05) is 12.1 Å². The van der Waals surface area contributed by atoms with Gasteiger partial charge < -0.3 is 9.47 Å². The largest absolute Gasteiger partial charge is 0.454 e. The Morgan fingerprint density at radius 2 is 2.00 bits per heavy atom. The van der Waals surface area contributed by atoms with Gasteiger partial charge in [-0.05, 0) is 24.3 Å². The van der Waals surface area contributed by atoms with Crippen LogP contribution in [0.5, 0.6) is 11.5 Å². The summed E-state index contributed by atoms with van der Waals surface area (Å²) in [5, 5.41) is 0. The lowest BCUT2D eigenvalue weighted by Crippen LogP contribution is -1.94. The van der Waals surface area contributed by atoms with Gasteiger partial charge in [0.2, 0.25) is 6.79 Å². The average Bonchev–Trinajstić information content (AvgIpc) is 2.87. The topological polar surface area (TPSA) is 31.4 Å². The van der Waals surface area contributed by atoms with Gasteiger partial charge in [-0.25, -0.2) is 8.78 Å². The molecule has 0 unspecified atom stereocenters. The van der Waals surface area contributed by atoms with Crippen LogP contribution < -0.4 is 9.47 Å². The minimum atomic E-state index is -2.51. The Kier molecular flexibility index (Phi) is 2.59. The van der Waals surface area contributed by atoms with Gasteiger partial charge in [-0.1, -0.05) is 6.07 Å². The molecule has 0 amide bonds. The molecule has 2 aromatic rings. The number of ether oxygens (including phenoxy) is 2. The molecule has 1 aliphatic heterocycles. The first-order valence-electron chi connectivity index (χ1n) is 5.39. The van der Waals surface area contributed by atoms with Crippen LogP contribution in [0.4, 0.5) is 8.78 Å². The molecule has 92 valence electrons. The molecule has 0 spiro atoms. The second kappa shape index (κ2) is 4.25. The van der Waals surface area contributed by atoms with Crippen molar-refractivity contribution in [3.63, 3.8) is 0 Å². The average molecular weight is 249 g/mol. The van der Waals surface area contributed by atoms with E-state index in [-0.39, 0.29) is 12.4 Å². The summed E-state index contributed by atoms with van der Waals surface area (Å²) in [7, 11) is 0. The quantitative estimate of drug-likeness (QED) is 0.817. The summed E-state index contributed by atoms with van der Waals surface area (Å²) in [6.07, 6.45) is -1.33. The molecular formula is C13H9F2NO2. The van der Waals surface area contributed by atoms with E-state index in [1.165, 1.54) is 12.3 Å². The monoisotopic (exact) mass is 249 g/mol. The summed E-state index contributed by atoms with van der Waals surface area (Å²) in [4.78, 5) is 4.03. The zero-order chi connectivity index (χ0) is 12.5. The number of fused-ring (bicyclic) bond motifs is 1. The number of para-hydroxylation sites is 1. The van der Waals surface area contributed by atoms with Crippen LogP contribution in [0, 0.1) is 0 Å². The minimum absolute atomic E-state index is 0.0940. The highest BCUT2D eigenvalue weighted by Crippen LogP contribution is 2.40. The molecule has 0 N–H and O–H groups in total. The van der Waals surface area contributed by atoms with Crippen LogP contribution in [0.3, 0.4) is 0 Å². The third-order valence-electron chi connectivity index (χ3n) is 2.71. The number of pyridine rings is 1. The van der Waals surface area contributed by atoms with Gasteiger partial charge in [-0.15, -0.1) is 0 Å². The molecule has 0 bridgehead atoms. The van der Waals surface area contributed by atoms with E-state index >= 15 is 0 Å². The molecule has 1 aliphatic rings. The zero-order valence-corrected chi connectivity index (χ0v) is 9.27. The lowest BCUT2D eigenvalue weighted by Gasteiger charge is -2.06. The molecule has 0 fully saturated rings. The fraction of sp³-hybridized carbons (Fsp3) is 0.154. The molecule has 0 saturated heterocycles. The van der Waals surface area contributed by atoms with Crippen LogP contribution in [0.1, 0.15) is 12.0 Å². The second-order valence-corrected chi connectivity index (χ2v) is 3.82. The third-order valence-corrected chi connectivity index (χ3v) is 2.71. The Balaban J connectivity index is 2.03. The van der Waals surface area contributed by atoms with E-state index in [0.717, 1.165) is 5.56 Å². The van der Waals surface area contributed by atoms with Gasteiger partial charge in [0.05, 0.1) is 5.69 Å². The summed E-state index contributed by atoms with van der Waals surface area (Å²) in [6.45, 7) is 0.168. The molecule has 0 radical (unpaired) electrons. The van der Waals surface area contributed by atoms with E-state index in [4.69, 9.17) is 9.47 Å². The van der Waals surface area contributed by atoms with Gasteiger partial charge >= 0.3 is 0 Å². The Labute approximate surface area is 102 Å². The van der Waals surface area contributed by atoms with E-state index in [9.17, 15) is 8.78 Å². The highest BCUT2D eigenvalue weighted by atomic mass is 19.3. The van der Waals surface area contributed by atoms with Crippen LogP contribution >= 0.6 is 0 Å². The summed E-state index contributed by atoms with van der Waals surface area (Å²) in [5.41, 5.74) is 1.23. The van der Waals surface area contributed by atoms with Gasteiger partial charge in [0, 0.05) is 17.3 Å². The maximum atomic E-state index is 12.4. The predicted octanol–water partition coefficient (Wildman–Crippen LogP) is 3.41. The van der Waals surface area contributed by atoms with Gasteiger partial charge in [0.15, 0.2) is 11.5 Å². The Bertz CT molecular complexity index is 570. The predicted molar refractivity (Wildman–Crippen MR) is 60.8 cm³/mol. The second-order valence-electron chi connectivity index (χ2n) is 3.82. The number of aromatic nitrogens is 1. The van der Waals surface area contributed by atoms with Crippen molar-refractivity contribution in [2.75, 3.05) is 6.79 Å². The lowest BCUT2D eigenvalue weighted by molar-refractivity contribution is 0.151. The molecule has 5 heteroatoms. The first-order chi connectivity index (χ1) is 8.75. The first kappa shape index (κ1) is 11.0. The SMILES string of the molecule is FC(F)c1ccc(-c2cccc3c2OCO3)nc1. The van der Waals surface area contributed by atoms with Gasteiger partial charge in [-0.2, -0.15) is 0 Å². The third kappa shape index (κ3) is 1.77. The number of rotatable bonds is 2. The van der Waals surface area contributed by atoms with E-state index in [0.29, 0.717) is 17.2 Å². The van der Waals surface area contributed by atoms with Crippen LogP contribution in [0.2, 0.25) is 0 Å². The smallest absolute Gasteiger partial charge is 0.265 e. The number of alkyl halides is 2. The number of nitrogens with zero attached hydrogens (tertiary/aromatic N) is 1. The number of halogens is 2. The van der Waals surface area contributed by atoms with Crippen molar-refractivity contribution in [2.45, 2.75) is 6.43 Å². The normalized spacial score (nSPS) is 13.1. The molecule has 0 atom stereocenters. The maximum absolute atomic E-state index is 12.4. The molecule has 1 aromatic carbocycles. The fourth-order valence-corrected chi connectivity index (χ4v) is 1.83. The van der Waals surface area contributed by atoms with Crippen LogP contribution in [0.15, 0.2) is 36.5 Å². The van der Waals surface area contributed by atoms with Crippen molar-refractivity contribution in [2.24, 2.45) is 0 Å². The highest BCUT2D eigenvalue weighted by molar-refractivity contribution is 5.71. The molecule has 3 nitrogen and oxygen atoms in total. The molecule has 0 saturated carbocycles. The van der Waals surface area contributed by atoms with Gasteiger partial charge in [0.25, 0.3) is 6.43 Å². The molecule has 18 heavy (non-hydrogen) atoms. The summed E-state index contributed by atoms with van der Waals surface area (Å²) in [5.74, 6) is 1.25. The Morgan fingerprint density at radius 1 is 1.11 bits per heavy atom. The molecular weight excluding hydrogens is 240 g/mol. The molecule has 0 aliphatic carbocycles. The standard InChI is InChI=1S/C13H9F2NO2/c14-13(15)8-4-5-10(16-6-8)9-2-1-3-11-12(9)18-7-17-11/h1-6,13H,7H2. The Morgan fingerprint density at radius 3 is 2.72 bits per heavy atom.